The van der Waals surface area contributed by atoms with Gasteiger partial charge < -0.3 is 10.1 Å². The lowest BCUT2D eigenvalue weighted by molar-refractivity contribution is 0.103. The lowest BCUT2D eigenvalue weighted by atomic mass is 9.91. The Balaban J connectivity index is 2.03. The molecule has 3 nitrogen and oxygen atoms in total. The van der Waals surface area contributed by atoms with E-state index in [1.54, 1.807) is 25.3 Å². The quantitative estimate of drug-likeness (QED) is 0.885. The molecular weight excluding hydrogens is 286 g/mol. The topological polar surface area (TPSA) is 38.3 Å². The minimum Gasteiger partial charge on any atom is -0.495 e. The highest BCUT2D eigenvalue weighted by molar-refractivity contribution is 6.32. The van der Waals surface area contributed by atoms with E-state index in [0.29, 0.717) is 16.3 Å². The number of methoxy groups -OCH3 is 1. The van der Waals surface area contributed by atoms with Crippen LogP contribution in [0.1, 0.15) is 27.0 Å². The molecule has 0 aromatic heterocycles. The van der Waals surface area contributed by atoms with Crippen LogP contribution in [0, 0.1) is 0 Å². The molecule has 0 saturated heterocycles. The lowest BCUT2D eigenvalue weighted by Crippen LogP contribution is -2.25. The highest BCUT2D eigenvalue weighted by Crippen LogP contribution is 2.27. The number of halogens is 1. The number of ketones is 1. The van der Waals surface area contributed by atoms with Crippen LogP contribution in [0.4, 0.5) is 0 Å². The smallest absolute Gasteiger partial charge is 0.193 e. The minimum absolute atomic E-state index is 0.0173. The fourth-order valence-corrected chi connectivity index (χ4v) is 2.90. The van der Waals surface area contributed by atoms with E-state index in [0.717, 1.165) is 30.6 Å². The van der Waals surface area contributed by atoms with Crippen molar-refractivity contribution in [3.8, 4) is 5.75 Å². The van der Waals surface area contributed by atoms with Crippen molar-refractivity contribution in [2.75, 3.05) is 13.7 Å². The van der Waals surface area contributed by atoms with Gasteiger partial charge in [0.25, 0.3) is 0 Å². The molecule has 0 aliphatic carbocycles. The number of benzene rings is 2. The summed E-state index contributed by atoms with van der Waals surface area (Å²) in [5.41, 5.74) is 3.73. The van der Waals surface area contributed by atoms with Gasteiger partial charge in [-0.05, 0) is 42.3 Å². The van der Waals surface area contributed by atoms with Gasteiger partial charge in [0.05, 0.1) is 12.1 Å². The number of carbonyl (C=O) groups is 1. The molecule has 1 heterocycles. The van der Waals surface area contributed by atoms with Gasteiger partial charge in [0, 0.05) is 17.7 Å². The van der Waals surface area contributed by atoms with E-state index in [4.69, 9.17) is 16.3 Å². The summed E-state index contributed by atoms with van der Waals surface area (Å²) >= 11 is 6.02. The van der Waals surface area contributed by atoms with Crippen LogP contribution in [0.25, 0.3) is 0 Å². The van der Waals surface area contributed by atoms with Gasteiger partial charge in [-0.1, -0.05) is 29.8 Å². The molecule has 1 N–H and O–H groups in total. The van der Waals surface area contributed by atoms with Gasteiger partial charge in [0.2, 0.25) is 0 Å². The molecule has 0 amide bonds. The fourth-order valence-electron chi connectivity index (χ4n) is 2.70. The SMILES string of the molecule is COc1cc(C(=O)c2cccc3c2CCNC3)ccc1Cl. The third kappa shape index (κ3) is 2.67. The number of hydrogen-bond acceptors (Lipinski definition) is 3. The summed E-state index contributed by atoms with van der Waals surface area (Å²) in [6.45, 7) is 1.72. The predicted octanol–water partition coefficient (Wildman–Crippen LogP) is 3.23. The Morgan fingerprint density at radius 2 is 2.14 bits per heavy atom. The van der Waals surface area contributed by atoms with Crippen molar-refractivity contribution in [3.05, 3.63) is 63.7 Å². The Morgan fingerprint density at radius 1 is 1.29 bits per heavy atom. The molecule has 1 aliphatic rings. The van der Waals surface area contributed by atoms with Crippen molar-refractivity contribution < 1.29 is 9.53 Å². The third-order valence-electron chi connectivity index (χ3n) is 3.80. The highest BCUT2D eigenvalue weighted by atomic mass is 35.5. The summed E-state index contributed by atoms with van der Waals surface area (Å²) in [6, 6.07) is 11.0. The maximum Gasteiger partial charge on any atom is 0.193 e. The maximum atomic E-state index is 12.8. The molecular formula is C17H16ClNO2. The van der Waals surface area contributed by atoms with E-state index in [-0.39, 0.29) is 5.78 Å². The van der Waals surface area contributed by atoms with Gasteiger partial charge in [0.15, 0.2) is 5.78 Å². The van der Waals surface area contributed by atoms with Gasteiger partial charge in [-0.15, -0.1) is 0 Å². The normalized spacial score (nSPS) is 13.6. The van der Waals surface area contributed by atoms with Crippen molar-refractivity contribution >= 4 is 17.4 Å². The first-order chi connectivity index (χ1) is 10.2. The predicted molar refractivity (Wildman–Crippen MR) is 83.3 cm³/mol. The van der Waals surface area contributed by atoms with Crippen molar-refractivity contribution in [2.45, 2.75) is 13.0 Å². The largest absolute Gasteiger partial charge is 0.495 e. The van der Waals surface area contributed by atoms with Gasteiger partial charge in [-0.25, -0.2) is 0 Å². The molecule has 1 aliphatic heterocycles. The zero-order valence-corrected chi connectivity index (χ0v) is 12.5. The van der Waals surface area contributed by atoms with Gasteiger partial charge in [-0.3, -0.25) is 4.79 Å². The summed E-state index contributed by atoms with van der Waals surface area (Å²) in [6.07, 6.45) is 0.877. The molecule has 2 aromatic rings. The van der Waals surface area contributed by atoms with Crippen molar-refractivity contribution in [1.29, 1.82) is 0 Å². The monoisotopic (exact) mass is 301 g/mol. The third-order valence-corrected chi connectivity index (χ3v) is 4.11. The molecule has 0 saturated carbocycles. The van der Waals surface area contributed by atoms with Crippen LogP contribution in [0.2, 0.25) is 5.02 Å². The first kappa shape index (κ1) is 14.1. The van der Waals surface area contributed by atoms with Crippen LogP contribution in [0.3, 0.4) is 0 Å². The summed E-state index contributed by atoms with van der Waals surface area (Å²) < 4.78 is 5.19. The minimum atomic E-state index is 0.0173. The first-order valence-corrected chi connectivity index (χ1v) is 7.28. The Kier molecular flexibility index (Phi) is 3.95. The van der Waals surface area contributed by atoms with Crippen LogP contribution in [0.15, 0.2) is 36.4 Å². The van der Waals surface area contributed by atoms with Gasteiger partial charge in [0.1, 0.15) is 5.75 Å². The maximum absolute atomic E-state index is 12.8. The fraction of sp³-hybridized carbons (Fsp3) is 0.235. The van der Waals surface area contributed by atoms with Crippen molar-refractivity contribution in [3.63, 3.8) is 0 Å². The van der Waals surface area contributed by atoms with E-state index in [1.807, 2.05) is 12.1 Å². The summed E-state index contributed by atoms with van der Waals surface area (Å²) in [5, 5.41) is 3.83. The molecule has 3 rings (SSSR count). The molecule has 0 atom stereocenters. The van der Waals surface area contributed by atoms with Crippen LogP contribution in [0.5, 0.6) is 5.75 Å². The van der Waals surface area contributed by atoms with Gasteiger partial charge >= 0.3 is 0 Å². The summed E-state index contributed by atoms with van der Waals surface area (Å²) in [7, 11) is 1.55. The van der Waals surface area contributed by atoms with E-state index in [1.165, 1.54) is 5.56 Å². The van der Waals surface area contributed by atoms with Crippen molar-refractivity contribution in [1.82, 2.24) is 5.32 Å². The number of rotatable bonds is 3. The van der Waals surface area contributed by atoms with Crippen LogP contribution >= 0.6 is 11.6 Å². The highest BCUT2D eigenvalue weighted by Gasteiger charge is 2.19. The van der Waals surface area contributed by atoms with Crippen LogP contribution < -0.4 is 10.1 Å². The number of hydrogen-bond donors (Lipinski definition) is 1. The molecule has 0 fully saturated rings. The summed E-state index contributed by atoms with van der Waals surface area (Å²) in [5.74, 6) is 0.540. The molecule has 4 heteroatoms. The number of nitrogens with one attached hydrogen (secondary N) is 1. The molecule has 21 heavy (non-hydrogen) atoms. The van der Waals surface area contributed by atoms with Gasteiger partial charge in [-0.2, -0.15) is 0 Å². The van der Waals surface area contributed by atoms with Crippen molar-refractivity contribution in [2.24, 2.45) is 0 Å². The second-order valence-corrected chi connectivity index (χ2v) is 5.46. The van der Waals surface area contributed by atoms with E-state index < -0.39 is 0 Å². The van der Waals surface area contributed by atoms with Crippen LogP contribution in [-0.2, 0) is 13.0 Å². The summed E-state index contributed by atoms with van der Waals surface area (Å²) in [4.78, 5) is 12.8. The second-order valence-electron chi connectivity index (χ2n) is 5.05. The Hall–Kier alpha value is -1.84. The van der Waals surface area contributed by atoms with E-state index in [9.17, 15) is 4.79 Å². The average molecular weight is 302 g/mol. The molecule has 0 radical (unpaired) electrons. The second kappa shape index (κ2) is 5.88. The van der Waals surface area contributed by atoms with E-state index >= 15 is 0 Å². The number of ether oxygens (including phenoxy) is 1. The molecule has 0 bridgehead atoms. The molecule has 0 spiro atoms. The first-order valence-electron chi connectivity index (χ1n) is 6.90. The average Bonchev–Trinajstić information content (AvgIpc) is 2.54. The van der Waals surface area contributed by atoms with E-state index in [2.05, 4.69) is 11.4 Å². The number of fused-ring (bicyclic) bond motifs is 1. The Morgan fingerprint density at radius 3 is 2.95 bits per heavy atom. The zero-order valence-electron chi connectivity index (χ0n) is 11.8. The lowest BCUT2D eigenvalue weighted by Gasteiger charge is -2.19. The Bertz CT molecular complexity index is 697. The van der Waals surface area contributed by atoms with Crippen LogP contribution in [-0.4, -0.2) is 19.4 Å². The zero-order chi connectivity index (χ0) is 14.8. The standard InChI is InChI=1S/C17H16ClNO2/c1-21-16-9-11(5-6-15(16)18)17(20)14-4-2-3-12-10-19-8-7-13(12)14/h2-6,9,19H,7-8,10H2,1H3. The number of carbonyl (C=O) groups excluding carboxylic acids is 1. The molecule has 0 unspecified atom stereocenters. The Labute approximate surface area is 128 Å². The molecule has 108 valence electrons. The molecule has 2 aromatic carbocycles.